The largest absolute Gasteiger partial charge is 0.462 e. The summed E-state index contributed by atoms with van der Waals surface area (Å²) in [5.74, 6) is -0.827. The maximum Gasteiger partial charge on any atom is 0.306 e. The number of allylic oxidation sites excluding steroid dienone is 2. The van der Waals surface area contributed by atoms with Crippen molar-refractivity contribution in [2.75, 3.05) is 13.2 Å². The highest BCUT2D eigenvalue weighted by atomic mass is 16.6. The van der Waals surface area contributed by atoms with Crippen LogP contribution in [0, 0.1) is 0 Å². The van der Waals surface area contributed by atoms with Crippen molar-refractivity contribution in [3.8, 4) is 0 Å². The Hall–Kier alpha value is -1.85. The zero-order chi connectivity index (χ0) is 55.0. The van der Waals surface area contributed by atoms with E-state index in [1.807, 2.05) is 0 Å². The van der Waals surface area contributed by atoms with Crippen LogP contribution in [-0.4, -0.2) is 37.2 Å². The van der Waals surface area contributed by atoms with E-state index >= 15 is 0 Å². The third-order valence-corrected chi connectivity index (χ3v) is 16.0. The van der Waals surface area contributed by atoms with Crippen molar-refractivity contribution in [3.63, 3.8) is 0 Å². The molecule has 0 aliphatic rings. The van der Waals surface area contributed by atoms with Crippen LogP contribution >= 0.6 is 0 Å². The highest BCUT2D eigenvalue weighted by molar-refractivity contribution is 5.71. The third kappa shape index (κ3) is 63.0. The van der Waals surface area contributed by atoms with Gasteiger partial charge in [-0.25, -0.2) is 0 Å². The van der Waals surface area contributed by atoms with Gasteiger partial charge in [-0.15, -0.1) is 0 Å². The molecular formula is C70H134O6. The molecule has 0 aliphatic carbocycles. The minimum atomic E-state index is -0.765. The van der Waals surface area contributed by atoms with Gasteiger partial charge in [0.05, 0.1) is 0 Å². The Bertz CT molecular complexity index is 1180. The summed E-state index contributed by atoms with van der Waals surface area (Å²) in [7, 11) is 0. The molecule has 76 heavy (non-hydrogen) atoms. The molecule has 450 valence electrons. The molecule has 0 heterocycles. The predicted octanol–water partition coefficient (Wildman–Crippen LogP) is 23.6. The second-order valence-corrected chi connectivity index (χ2v) is 23.8. The monoisotopic (exact) mass is 1070 g/mol. The van der Waals surface area contributed by atoms with E-state index in [2.05, 4.69) is 32.9 Å². The molecular weight excluding hydrogens is 937 g/mol. The van der Waals surface area contributed by atoms with Crippen LogP contribution in [0.15, 0.2) is 12.2 Å². The molecule has 1 atom stereocenters. The number of ether oxygens (including phenoxy) is 3. The lowest BCUT2D eigenvalue weighted by molar-refractivity contribution is -0.167. The van der Waals surface area contributed by atoms with Crippen molar-refractivity contribution in [3.05, 3.63) is 12.2 Å². The second kappa shape index (κ2) is 65.7. The summed E-state index contributed by atoms with van der Waals surface area (Å²) in [5.41, 5.74) is 0. The molecule has 1 unspecified atom stereocenters. The van der Waals surface area contributed by atoms with Gasteiger partial charge in [0.15, 0.2) is 6.10 Å². The SMILES string of the molecule is CCCCCCCCCC/C=C\CCCCCCCCCCCCCCCCCC(=O)OCC(COC(=O)CCCCCCCCCCCCCCCCC)OC(=O)CCCCCCCCCCCCCCCCCC. The minimum absolute atomic E-state index is 0.0622. The molecule has 0 aromatic heterocycles. The first kappa shape index (κ1) is 74.2. The van der Waals surface area contributed by atoms with Crippen LogP contribution in [0.25, 0.3) is 0 Å². The molecule has 0 aromatic rings. The van der Waals surface area contributed by atoms with Crippen molar-refractivity contribution in [1.29, 1.82) is 0 Å². The van der Waals surface area contributed by atoms with Gasteiger partial charge >= 0.3 is 17.9 Å². The number of esters is 3. The van der Waals surface area contributed by atoms with Crippen LogP contribution < -0.4 is 0 Å². The van der Waals surface area contributed by atoms with Crippen LogP contribution in [0.5, 0.6) is 0 Å². The zero-order valence-electron chi connectivity index (χ0n) is 51.8. The molecule has 0 rings (SSSR count). The van der Waals surface area contributed by atoms with E-state index < -0.39 is 6.10 Å². The molecule has 0 amide bonds. The van der Waals surface area contributed by atoms with E-state index in [1.54, 1.807) is 0 Å². The topological polar surface area (TPSA) is 78.9 Å². The highest BCUT2D eigenvalue weighted by Gasteiger charge is 2.19. The first-order chi connectivity index (χ1) is 37.5. The number of hydrogen-bond donors (Lipinski definition) is 0. The molecule has 0 aliphatic heterocycles. The van der Waals surface area contributed by atoms with Crippen LogP contribution in [0.3, 0.4) is 0 Å². The molecule has 0 fully saturated rings. The fourth-order valence-electron chi connectivity index (χ4n) is 10.8. The van der Waals surface area contributed by atoms with Gasteiger partial charge < -0.3 is 14.2 Å². The quantitative estimate of drug-likeness (QED) is 0.0261. The van der Waals surface area contributed by atoms with Gasteiger partial charge in [0.25, 0.3) is 0 Å². The van der Waals surface area contributed by atoms with E-state index in [1.165, 1.54) is 302 Å². The number of hydrogen-bond acceptors (Lipinski definition) is 6. The summed E-state index contributed by atoms with van der Waals surface area (Å²) >= 11 is 0. The van der Waals surface area contributed by atoms with Gasteiger partial charge in [0, 0.05) is 19.3 Å². The molecule has 6 nitrogen and oxygen atoms in total. The molecule has 0 saturated heterocycles. The Morgan fingerprint density at radius 2 is 0.434 bits per heavy atom. The molecule has 0 saturated carbocycles. The molecule has 6 heteroatoms. The summed E-state index contributed by atoms with van der Waals surface area (Å²) < 4.78 is 17.0. The number of carbonyl (C=O) groups is 3. The predicted molar refractivity (Wildman–Crippen MR) is 330 cm³/mol. The van der Waals surface area contributed by atoms with E-state index in [-0.39, 0.29) is 31.1 Å². The van der Waals surface area contributed by atoms with Crippen LogP contribution in [0.4, 0.5) is 0 Å². The summed E-state index contributed by atoms with van der Waals surface area (Å²) in [6.45, 7) is 6.73. The summed E-state index contributed by atoms with van der Waals surface area (Å²) in [5, 5.41) is 0. The number of unbranched alkanes of at least 4 members (excludes halogenated alkanes) is 52. The van der Waals surface area contributed by atoms with Gasteiger partial charge in [0.2, 0.25) is 0 Å². The summed E-state index contributed by atoms with van der Waals surface area (Å²) in [4.78, 5) is 38.4. The maximum absolute atomic E-state index is 12.9. The lowest BCUT2D eigenvalue weighted by Crippen LogP contribution is -2.30. The van der Waals surface area contributed by atoms with Gasteiger partial charge in [-0.2, -0.15) is 0 Å². The molecule has 0 spiro atoms. The fraction of sp³-hybridized carbons (Fsp3) is 0.929. The van der Waals surface area contributed by atoms with E-state index in [9.17, 15) is 14.4 Å². The van der Waals surface area contributed by atoms with Crippen molar-refractivity contribution in [2.45, 2.75) is 406 Å². The summed E-state index contributed by atoms with van der Waals surface area (Å²) in [6, 6.07) is 0. The maximum atomic E-state index is 12.9. The fourth-order valence-corrected chi connectivity index (χ4v) is 10.8. The molecule has 0 bridgehead atoms. The van der Waals surface area contributed by atoms with Crippen molar-refractivity contribution in [2.24, 2.45) is 0 Å². The smallest absolute Gasteiger partial charge is 0.306 e. The first-order valence-electron chi connectivity index (χ1n) is 34.7. The highest BCUT2D eigenvalue weighted by Crippen LogP contribution is 2.19. The van der Waals surface area contributed by atoms with Crippen molar-refractivity contribution in [1.82, 2.24) is 0 Å². The Morgan fingerprint density at radius 1 is 0.250 bits per heavy atom. The standard InChI is InChI=1S/C70H134O6/c1-4-7-10-13-16-19-22-25-28-30-31-32-33-34-35-36-37-38-39-40-43-45-48-51-54-57-60-63-69(72)75-66-67(65-74-68(71)62-59-56-53-50-47-44-41-27-24-21-18-15-12-9-6-3)76-70(73)64-61-58-55-52-49-46-42-29-26-23-20-17-14-11-8-5-2/h30-31,67H,4-29,32-66H2,1-3H3/b31-30-. The van der Waals surface area contributed by atoms with Crippen LogP contribution in [0.1, 0.15) is 400 Å². The molecule has 0 N–H and O–H groups in total. The normalized spacial score (nSPS) is 12.0. The second-order valence-electron chi connectivity index (χ2n) is 23.8. The van der Waals surface area contributed by atoms with Gasteiger partial charge in [-0.1, -0.05) is 348 Å². The summed E-state index contributed by atoms with van der Waals surface area (Å²) in [6.07, 6.45) is 78.1. The Balaban J connectivity index is 4.19. The van der Waals surface area contributed by atoms with E-state index in [0.717, 1.165) is 57.8 Å². The van der Waals surface area contributed by atoms with Gasteiger partial charge in [0.1, 0.15) is 13.2 Å². The third-order valence-electron chi connectivity index (χ3n) is 16.0. The Labute approximate surface area is 475 Å². The Kier molecular flexibility index (Phi) is 64.1. The van der Waals surface area contributed by atoms with Gasteiger partial charge in [-0.05, 0) is 44.9 Å². The van der Waals surface area contributed by atoms with E-state index in [4.69, 9.17) is 14.2 Å². The zero-order valence-corrected chi connectivity index (χ0v) is 51.8. The van der Waals surface area contributed by atoms with E-state index in [0.29, 0.717) is 19.3 Å². The first-order valence-corrected chi connectivity index (χ1v) is 34.7. The minimum Gasteiger partial charge on any atom is -0.462 e. The average Bonchev–Trinajstić information content (AvgIpc) is 3.42. The lowest BCUT2D eigenvalue weighted by atomic mass is 10.0. The van der Waals surface area contributed by atoms with Crippen LogP contribution in [0.2, 0.25) is 0 Å². The molecule has 0 aromatic carbocycles. The Morgan fingerprint density at radius 3 is 0.658 bits per heavy atom. The average molecular weight is 1070 g/mol. The van der Waals surface area contributed by atoms with Gasteiger partial charge in [-0.3, -0.25) is 14.4 Å². The van der Waals surface area contributed by atoms with Crippen molar-refractivity contribution < 1.29 is 28.6 Å². The van der Waals surface area contributed by atoms with Crippen molar-refractivity contribution >= 4 is 17.9 Å². The number of rotatable bonds is 65. The molecule has 0 radical (unpaired) electrons. The lowest BCUT2D eigenvalue weighted by Gasteiger charge is -2.18. The number of carbonyl (C=O) groups excluding carboxylic acids is 3. The van der Waals surface area contributed by atoms with Crippen LogP contribution in [-0.2, 0) is 28.6 Å².